The Balaban J connectivity index is 1.49. The van der Waals surface area contributed by atoms with E-state index in [4.69, 9.17) is 4.74 Å². The Bertz CT molecular complexity index is 712. The van der Waals surface area contributed by atoms with E-state index < -0.39 is 0 Å². The van der Waals surface area contributed by atoms with E-state index in [9.17, 15) is 4.79 Å². The number of aromatic nitrogens is 2. The van der Waals surface area contributed by atoms with E-state index in [0.717, 1.165) is 31.7 Å². The van der Waals surface area contributed by atoms with Crippen molar-refractivity contribution < 1.29 is 9.53 Å². The first-order valence-corrected chi connectivity index (χ1v) is 8.19. The standard InChI is InChI=1S/C18H21N3O2/c1-14-9-18(23-12-14)7-8-20(13-18)17(22)15-10-19-21(11-15)16-5-3-2-4-6-16/h2-6,10-11,14H,7-9,12-13H2,1H3. The van der Waals surface area contributed by atoms with Crippen molar-refractivity contribution in [3.8, 4) is 5.69 Å². The number of rotatable bonds is 2. The first-order valence-electron chi connectivity index (χ1n) is 8.19. The van der Waals surface area contributed by atoms with E-state index in [1.54, 1.807) is 17.1 Å². The van der Waals surface area contributed by atoms with Gasteiger partial charge < -0.3 is 9.64 Å². The molecule has 0 radical (unpaired) electrons. The predicted octanol–water partition coefficient (Wildman–Crippen LogP) is 2.51. The quantitative estimate of drug-likeness (QED) is 0.856. The second kappa shape index (κ2) is 5.49. The molecule has 0 saturated carbocycles. The fraction of sp³-hybridized carbons (Fsp3) is 0.444. The van der Waals surface area contributed by atoms with E-state index in [-0.39, 0.29) is 11.5 Å². The molecule has 3 heterocycles. The van der Waals surface area contributed by atoms with Crippen molar-refractivity contribution in [3.05, 3.63) is 48.3 Å². The first-order chi connectivity index (χ1) is 11.2. The highest BCUT2D eigenvalue weighted by Gasteiger charge is 2.45. The summed E-state index contributed by atoms with van der Waals surface area (Å²) in [6.07, 6.45) is 5.45. The lowest BCUT2D eigenvalue weighted by Gasteiger charge is -2.23. The lowest BCUT2D eigenvalue weighted by atomic mass is 9.94. The Morgan fingerprint density at radius 2 is 2.17 bits per heavy atom. The summed E-state index contributed by atoms with van der Waals surface area (Å²) < 4.78 is 7.73. The van der Waals surface area contributed by atoms with E-state index in [1.165, 1.54) is 0 Å². The lowest BCUT2D eigenvalue weighted by Crippen LogP contribution is -2.35. The number of para-hydroxylation sites is 1. The molecule has 120 valence electrons. The number of hydrogen-bond acceptors (Lipinski definition) is 3. The van der Waals surface area contributed by atoms with Gasteiger partial charge in [0.2, 0.25) is 0 Å². The number of nitrogens with zero attached hydrogens (tertiary/aromatic N) is 3. The van der Waals surface area contributed by atoms with Crippen molar-refractivity contribution in [1.29, 1.82) is 0 Å². The first kappa shape index (κ1) is 14.5. The van der Waals surface area contributed by atoms with Crippen molar-refractivity contribution in [1.82, 2.24) is 14.7 Å². The van der Waals surface area contributed by atoms with Crippen LogP contribution in [0, 0.1) is 5.92 Å². The van der Waals surface area contributed by atoms with Crippen LogP contribution in [-0.4, -0.2) is 45.9 Å². The van der Waals surface area contributed by atoms with Crippen LogP contribution in [0.5, 0.6) is 0 Å². The van der Waals surface area contributed by atoms with Crippen LogP contribution in [0.15, 0.2) is 42.7 Å². The zero-order valence-corrected chi connectivity index (χ0v) is 13.3. The maximum Gasteiger partial charge on any atom is 0.257 e. The maximum atomic E-state index is 12.7. The minimum atomic E-state index is -0.107. The van der Waals surface area contributed by atoms with E-state index >= 15 is 0 Å². The van der Waals surface area contributed by atoms with Crippen LogP contribution < -0.4 is 0 Å². The molecule has 1 amide bonds. The Hall–Kier alpha value is -2.14. The third-order valence-corrected chi connectivity index (χ3v) is 4.85. The van der Waals surface area contributed by atoms with E-state index in [2.05, 4.69) is 12.0 Å². The number of hydrogen-bond donors (Lipinski definition) is 0. The smallest absolute Gasteiger partial charge is 0.257 e. The third-order valence-electron chi connectivity index (χ3n) is 4.85. The van der Waals surface area contributed by atoms with Gasteiger partial charge in [-0.1, -0.05) is 25.1 Å². The van der Waals surface area contributed by atoms with Crippen LogP contribution >= 0.6 is 0 Å². The molecule has 1 aromatic heterocycles. The van der Waals surface area contributed by atoms with Crippen molar-refractivity contribution in [2.24, 2.45) is 5.92 Å². The number of likely N-dealkylation sites (tertiary alicyclic amines) is 1. The minimum absolute atomic E-state index is 0.0483. The minimum Gasteiger partial charge on any atom is -0.373 e. The third kappa shape index (κ3) is 2.65. The summed E-state index contributed by atoms with van der Waals surface area (Å²) in [4.78, 5) is 14.6. The molecule has 2 saturated heterocycles. The predicted molar refractivity (Wildman–Crippen MR) is 86.5 cm³/mol. The van der Waals surface area contributed by atoms with Gasteiger partial charge in [0.25, 0.3) is 5.91 Å². The Labute approximate surface area is 135 Å². The summed E-state index contributed by atoms with van der Waals surface area (Å²) in [6, 6.07) is 9.83. The molecule has 1 spiro atoms. The zero-order valence-electron chi connectivity index (χ0n) is 13.3. The van der Waals surface area contributed by atoms with Gasteiger partial charge in [0.15, 0.2) is 0 Å². The molecule has 23 heavy (non-hydrogen) atoms. The van der Waals surface area contributed by atoms with Crippen LogP contribution in [0.1, 0.15) is 30.1 Å². The highest BCUT2D eigenvalue weighted by Crippen LogP contribution is 2.38. The van der Waals surface area contributed by atoms with Crippen molar-refractivity contribution >= 4 is 5.91 Å². The van der Waals surface area contributed by atoms with E-state index in [0.29, 0.717) is 18.0 Å². The van der Waals surface area contributed by atoms with Gasteiger partial charge in [0.1, 0.15) is 0 Å². The molecule has 0 bridgehead atoms. The fourth-order valence-electron chi connectivity index (χ4n) is 3.71. The number of amides is 1. The summed E-state index contributed by atoms with van der Waals surface area (Å²) in [5.41, 5.74) is 1.49. The lowest BCUT2D eigenvalue weighted by molar-refractivity contribution is 0.0118. The zero-order chi connectivity index (χ0) is 15.9. The number of ether oxygens (including phenoxy) is 1. The molecule has 5 heteroatoms. The molecule has 0 N–H and O–H groups in total. The second-order valence-electron chi connectivity index (χ2n) is 6.79. The van der Waals surface area contributed by atoms with Gasteiger partial charge in [-0.15, -0.1) is 0 Å². The maximum absolute atomic E-state index is 12.7. The summed E-state index contributed by atoms with van der Waals surface area (Å²) >= 11 is 0. The molecule has 2 atom stereocenters. The molecule has 5 nitrogen and oxygen atoms in total. The molecule has 2 aromatic rings. The van der Waals surface area contributed by atoms with Crippen molar-refractivity contribution in [3.63, 3.8) is 0 Å². The highest BCUT2D eigenvalue weighted by molar-refractivity contribution is 5.94. The van der Waals surface area contributed by atoms with Gasteiger partial charge in [-0.3, -0.25) is 4.79 Å². The van der Waals surface area contributed by atoms with Crippen molar-refractivity contribution in [2.75, 3.05) is 19.7 Å². The topological polar surface area (TPSA) is 47.4 Å². The van der Waals surface area contributed by atoms with Crippen LogP contribution in [0.25, 0.3) is 5.69 Å². The van der Waals surface area contributed by atoms with E-state index in [1.807, 2.05) is 35.2 Å². The number of benzene rings is 1. The summed E-state index contributed by atoms with van der Waals surface area (Å²) in [5, 5.41) is 4.32. The Morgan fingerprint density at radius 3 is 2.91 bits per heavy atom. The van der Waals surface area contributed by atoms with Gasteiger partial charge in [0, 0.05) is 12.7 Å². The molecular formula is C18H21N3O2. The average Bonchev–Trinajstić information content (AvgIpc) is 3.29. The summed E-state index contributed by atoms with van der Waals surface area (Å²) in [6.45, 7) is 4.49. The summed E-state index contributed by atoms with van der Waals surface area (Å²) in [5.74, 6) is 0.637. The number of carbonyl (C=O) groups is 1. The Kier molecular flexibility index (Phi) is 3.45. The SMILES string of the molecule is CC1COC2(CCN(C(=O)c3cnn(-c4ccccc4)c3)C2)C1. The summed E-state index contributed by atoms with van der Waals surface area (Å²) in [7, 11) is 0. The molecule has 2 unspecified atom stereocenters. The molecule has 0 aliphatic carbocycles. The van der Waals surface area contributed by atoms with Gasteiger partial charge in [-0.05, 0) is 30.9 Å². The van der Waals surface area contributed by atoms with Gasteiger partial charge >= 0.3 is 0 Å². The molecule has 1 aromatic carbocycles. The van der Waals surface area contributed by atoms with Crippen LogP contribution in [0.2, 0.25) is 0 Å². The molecule has 2 fully saturated rings. The van der Waals surface area contributed by atoms with Crippen LogP contribution in [-0.2, 0) is 4.74 Å². The normalized spacial score (nSPS) is 27.0. The molecular weight excluding hydrogens is 290 g/mol. The fourth-order valence-corrected chi connectivity index (χ4v) is 3.71. The monoisotopic (exact) mass is 311 g/mol. The molecule has 2 aliphatic rings. The van der Waals surface area contributed by atoms with Gasteiger partial charge in [-0.2, -0.15) is 5.10 Å². The molecule has 4 rings (SSSR count). The van der Waals surface area contributed by atoms with Gasteiger partial charge in [0.05, 0.1) is 36.2 Å². The van der Waals surface area contributed by atoms with Crippen LogP contribution in [0.3, 0.4) is 0 Å². The van der Waals surface area contributed by atoms with Gasteiger partial charge in [-0.25, -0.2) is 4.68 Å². The van der Waals surface area contributed by atoms with Crippen LogP contribution in [0.4, 0.5) is 0 Å². The molecule has 2 aliphatic heterocycles. The van der Waals surface area contributed by atoms with Crippen molar-refractivity contribution in [2.45, 2.75) is 25.4 Å². The average molecular weight is 311 g/mol. The Morgan fingerprint density at radius 1 is 1.35 bits per heavy atom. The highest BCUT2D eigenvalue weighted by atomic mass is 16.5. The largest absolute Gasteiger partial charge is 0.373 e. The second-order valence-corrected chi connectivity index (χ2v) is 6.79. The number of carbonyl (C=O) groups excluding carboxylic acids is 1.